The van der Waals surface area contributed by atoms with E-state index in [9.17, 15) is 18.3 Å². The van der Waals surface area contributed by atoms with Gasteiger partial charge in [0.1, 0.15) is 5.75 Å². The number of sulfonamides is 1. The highest BCUT2D eigenvalue weighted by Crippen LogP contribution is 2.36. The summed E-state index contributed by atoms with van der Waals surface area (Å²) in [6, 6.07) is 16.1. The number of benzene rings is 3. The third-order valence-electron chi connectivity index (χ3n) is 4.74. The number of phenols is 1. The molecule has 33 heavy (non-hydrogen) atoms. The molecule has 3 rings (SSSR count). The summed E-state index contributed by atoms with van der Waals surface area (Å²) in [4.78, 5) is 16.1. The maximum absolute atomic E-state index is 13.0. The van der Waals surface area contributed by atoms with Crippen molar-refractivity contribution >= 4 is 49.6 Å². The first-order chi connectivity index (χ1) is 15.8. The highest BCUT2D eigenvalue weighted by atomic mass is 32.2. The maximum atomic E-state index is 13.0. The van der Waals surface area contributed by atoms with E-state index in [1.54, 1.807) is 56.3 Å². The van der Waals surface area contributed by atoms with Gasteiger partial charge in [0.15, 0.2) is 5.71 Å². The Kier molecular flexibility index (Phi) is 7.29. The Morgan fingerprint density at radius 2 is 1.76 bits per heavy atom. The SMILES string of the molecule is CCOC(=O)C(=NNc1ccc2c(S(=O)(=O)Nc3ccccc3)cccc2c1O)C(C)=NC. The molecule has 3 aromatic rings. The van der Waals surface area contributed by atoms with Gasteiger partial charge < -0.3 is 9.84 Å². The van der Waals surface area contributed by atoms with Crippen molar-refractivity contribution in [3.05, 3.63) is 60.7 Å². The first-order valence-electron chi connectivity index (χ1n) is 10.1. The first-order valence-corrected chi connectivity index (χ1v) is 11.5. The number of rotatable bonds is 8. The van der Waals surface area contributed by atoms with Crippen LogP contribution in [0.15, 0.2) is 75.7 Å². The fourth-order valence-electron chi connectivity index (χ4n) is 3.05. The van der Waals surface area contributed by atoms with Crippen molar-refractivity contribution in [1.82, 2.24) is 0 Å². The van der Waals surface area contributed by atoms with Crippen LogP contribution in [0.3, 0.4) is 0 Å². The van der Waals surface area contributed by atoms with E-state index in [2.05, 4.69) is 20.2 Å². The van der Waals surface area contributed by atoms with Crippen LogP contribution in [0.1, 0.15) is 13.8 Å². The smallest absolute Gasteiger partial charge is 0.360 e. The molecule has 0 unspecified atom stereocenters. The van der Waals surface area contributed by atoms with Crippen LogP contribution in [-0.4, -0.2) is 44.6 Å². The summed E-state index contributed by atoms with van der Waals surface area (Å²) in [5.41, 5.74) is 3.56. The summed E-state index contributed by atoms with van der Waals surface area (Å²) in [6.07, 6.45) is 0. The Morgan fingerprint density at radius 1 is 1.03 bits per heavy atom. The molecular formula is C23H24N4O5S. The van der Waals surface area contributed by atoms with Gasteiger partial charge in [-0.15, -0.1) is 0 Å². The van der Waals surface area contributed by atoms with E-state index in [4.69, 9.17) is 4.74 Å². The van der Waals surface area contributed by atoms with Gasteiger partial charge in [-0.1, -0.05) is 36.4 Å². The minimum absolute atomic E-state index is 0.00961. The quantitative estimate of drug-likeness (QED) is 0.200. The molecule has 0 radical (unpaired) electrons. The molecule has 0 amide bonds. The molecule has 0 aromatic heterocycles. The van der Waals surface area contributed by atoms with Crippen molar-refractivity contribution < 1.29 is 23.1 Å². The second-order valence-corrected chi connectivity index (χ2v) is 8.54. The molecule has 0 saturated heterocycles. The molecule has 9 nitrogen and oxygen atoms in total. The van der Waals surface area contributed by atoms with Gasteiger partial charge in [0.2, 0.25) is 0 Å². The highest BCUT2D eigenvalue weighted by molar-refractivity contribution is 7.93. The van der Waals surface area contributed by atoms with Crippen LogP contribution in [0.2, 0.25) is 0 Å². The lowest BCUT2D eigenvalue weighted by molar-refractivity contribution is -0.134. The molecule has 0 heterocycles. The van der Waals surface area contributed by atoms with Gasteiger partial charge in [-0.3, -0.25) is 15.1 Å². The van der Waals surface area contributed by atoms with E-state index in [1.165, 1.54) is 25.2 Å². The number of phenolic OH excluding ortho intramolecular Hbond substituents is 1. The average Bonchev–Trinajstić information content (AvgIpc) is 2.80. The monoisotopic (exact) mass is 468 g/mol. The average molecular weight is 469 g/mol. The summed E-state index contributed by atoms with van der Waals surface area (Å²) in [5.74, 6) is -0.879. The number of carbonyl (C=O) groups is 1. The Hall–Kier alpha value is -3.92. The Labute approximate surface area is 191 Å². The molecule has 172 valence electrons. The number of carbonyl (C=O) groups excluding carboxylic acids is 1. The zero-order valence-corrected chi connectivity index (χ0v) is 19.2. The zero-order valence-electron chi connectivity index (χ0n) is 18.4. The minimum Gasteiger partial charge on any atom is -0.505 e. The molecule has 0 aliphatic heterocycles. The standard InChI is InChI=1S/C23H24N4O5S/c1-4-32-23(29)21(15(2)24-3)26-25-19-14-13-17-18(22(19)28)11-8-12-20(17)33(30,31)27-16-9-6-5-7-10-16/h5-14,25,27-28H,4H2,1-3H3. The number of para-hydroxylation sites is 1. The number of hydrogen-bond donors (Lipinski definition) is 3. The van der Waals surface area contributed by atoms with E-state index >= 15 is 0 Å². The van der Waals surface area contributed by atoms with Crippen molar-refractivity contribution in [1.29, 1.82) is 0 Å². The molecule has 10 heteroatoms. The van der Waals surface area contributed by atoms with Gasteiger partial charge in [-0.05, 0) is 38.1 Å². The van der Waals surface area contributed by atoms with Crippen LogP contribution >= 0.6 is 0 Å². The van der Waals surface area contributed by atoms with Crippen LogP contribution in [0.4, 0.5) is 11.4 Å². The normalized spacial score (nSPS) is 12.5. The molecule has 0 aliphatic rings. The Morgan fingerprint density at radius 3 is 2.42 bits per heavy atom. The van der Waals surface area contributed by atoms with Gasteiger partial charge in [0.05, 0.1) is 22.9 Å². The lowest BCUT2D eigenvalue weighted by Gasteiger charge is -2.13. The largest absolute Gasteiger partial charge is 0.505 e. The molecule has 0 saturated carbocycles. The van der Waals surface area contributed by atoms with Crippen molar-refractivity contribution in [3.8, 4) is 5.75 Å². The fourth-order valence-corrected chi connectivity index (χ4v) is 4.33. The molecule has 0 atom stereocenters. The van der Waals surface area contributed by atoms with E-state index in [-0.39, 0.29) is 28.7 Å². The lowest BCUT2D eigenvalue weighted by Crippen LogP contribution is -2.25. The summed E-state index contributed by atoms with van der Waals surface area (Å²) in [7, 11) is -2.40. The fraction of sp³-hybridized carbons (Fsp3) is 0.174. The number of ether oxygens (including phenoxy) is 1. The van der Waals surface area contributed by atoms with E-state index in [1.807, 2.05) is 0 Å². The van der Waals surface area contributed by atoms with E-state index in [0.29, 0.717) is 22.2 Å². The summed E-state index contributed by atoms with van der Waals surface area (Å²) >= 11 is 0. The Bertz CT molecular complexity index is 1340. The molecule has 0 aliphatic carbocycles. The predicted molar refractivity (Wildman–Crippen MR) is 130 cm³/mol. The maximum Gasteiger partial charge on any atom is 0.360 e. The van der Waals surface area contributed by atoms with Crippen molar-refractivity contribution in [2.45, 2.75) is 18.7 Å². The number of aliphatic imine (C=N–C) groups is 1. The number of nitrogens with zero attached hydrogens (tertiary/aromatic N) is 2. The Balaban J connectivity index is 2.00. The molecule has 0 spiro atoms. The number of anilines is 2. The molecular weight excluding hydrogens is 444 g/mol. The van der Waals surface area contributed by atoms with Crippen molar-refractivity contribution in [2.75, 3.05) is 23.8 Å². The second kappa shape index (κ2) is 10.1. The lowest BCUT2D eigenvalue weighted by atomic mass is 10.1. The van der Waals surface area contributed by atoms with Gasteiger partial charge in [0, 0.05) is 23.5 Å². The zero-order chi connectivity index (χ0) is 24.0. The topological polar surface area (TPSA) is 129 Å². The summed E-state index contributed by atoms with van der Waals surface area (Å²) in [6.45, 7) is 3.45. The van der Waals surface area contributed by atoms with Crippen LogP contribution in [0.25, 0.3) is 10.8 Å². The number of aromatic hydroxyl groups is 1. The third kappa shape index (κ3) is 5.29. The second-order valence-electron chi connectivity index (χ2n) is 6.89. The summed E-state index contributed by atoms with van der Waals surface area (Å²) < 4.78 is 33.5. The summed E-state index contributed by atoms with van der Waals surface area (Å²) in [5, 5.41) is 15.5. The van der Waals surface area contributed by atoms with Crippen LogP contribution in [0, 0.1) is 0 Å². The van der Waals surface area contributed by atoms with Crippen LogP contribution < -0.4 is 10.1 Å². The van der Waals surface area contributed by atoms with Gasteiger partial charge in [0.25, 0.3) is 10.0 Å². The van der Waals surface area contributed by atoms with E-state index < -0.39 is 16.0 Å². The number of hydrazone groups is 1. The molecule has 3 aromatic carbocycles. The molecule has 0 fully saturated rings. The molecule has 0 bridgehead atoms. The highest BCUT2D eigenvalue weighted by Gasteiger charge is 2.20. The van der Waals surface area contributed by atoms with Gasteiger partial charge >= 0.3 is 5.97 Å². The van der Waals surface area contributed by atoms with Crippen LogP contribution in [0.5, 0.6) is 5.75 Å². The number of hydrogen-bond acceptors (Lipinski definition) is 8. The van der Waals surface area contributed by atoms with Gasteiger partial charge in [-0.2, -0.15) is 5.10 Å². The van der Waals surface area contributed by atoms with Crippen LogP contribution in [-0.2, 0) is 19.6 Å². The minimum atomic E-state index is -3.91. The third-order valence-corrected chi connectivity index (χ3v) is 6.18. The van der Waals surface area contributed by atoms with Crippen molar-refractivity contribution in [2.24, 2.45) is 10.1 Å². The molecule has 3 N–H and O–H groups in total. The van der Waals surface area contributed by atoms with E-state index in [0.717, 1.165) is 0 Å². The number of esters is 1. The predicted octanol–water partition coefficient (Wildman–Crippen LogP) is 3.77. The number of nitrogens with one attached hydrogen (secondary N) is 2. The first kappa shape index (κ1) is 23.7. The number of fused-ring (bicyclic) bond motifs is 1. The van der Waals surface area contributed by atoms with Gasteiger partial charge in [-0.25, -0.2) is 13.2 Å². The van der Waals surface area contributed by atoms with Crippen molar-refractivity contribution in [3.63, 3.8) is 0 Å².